The number of H-pyrrole nitrogens is 1. The zero-order valence-electron chi connectivity index (χ0n) is 7.26. The molecule has 0 aliphatic carbocycles. The molecule has 15 heavy (non-hydrogen) atoms. The number of nitro benzene ring substituents is 1. The molecule has 0 unspecified atom stereocenters. The van der Waals surface area contributed by atoms with Gasteiger partial charge in [-0.15, -0.1) is 6.07 Å². The third-order valence-electron chi connectivity index (χ3n) is 1.75. The van der Waals surface area contributed by atoms with Gasteiger partial charge in [0.2, 0.25) is 5.56 Å². The molecule has 76 valence electrons. The molecule has 7 heteroatoms. The van der Waals surface area contributed by atoms with Gasteiger partial charge in [-0.25, -0.2) is 0 Å². The average molecular weight is 374 g/mol. The fourth-order valence-corrected chi connectivity index (χ4v) is 1.10. The van der Waals surface area contributed by atoms with Crippen LogP contribution in [0, 0.1) is 16.2 Å². The Morgan fingerprint density at radius 3 is 2.93 bits per heavy atom. The third kappa shape index (κ3) is 2.10. The Kier molecular flexibility index (Phi) is 3.31. The van der Waals surface area contributed by atoms with Gasteiger partial charge in [0.1, 0.15) is 0 Å². The van der Waals surface area contributed by atoms with Crippen LogP contribution in [0.4, 0.5) is 5.69 Å². The summed E-state index contributed by atoms with van der Waals surface area (Å²) in [6.45, 7) is 0. The summed E-state index contributed by atoms with van der Waals surface area (Å²) in [5.41, 5.74) is -0.248. The second kappa shape index (κ2) is 4.31. The summed E-state index contributed by atoms with van der Waals surface area (Å²) in [6.07, 6.45) is 1.24. The summed E-state index contributed by atoms with van der Waals surface area (Å²) in [7, 11) is 0. The molecule has 0 spiro atoms. The number of aromatic nitrogens is 2. The molecule has 2 rings (SSSR count). The second-order valence-corrected chi connectivity index (χ2v) is 2.61. The number of nitrogens with one attached hydrogen (secondary N) is 1. The van der Waals surface area contributed by atoms with Crippen LogP contribution in [-0.2, 0) is 21.1 Å². The van der Waals surface area contributed by atoms with E-state index in [1.807, 2.05) is 0 Å². The van der Waals surface area contributed by atoms with Gasteiger partial charge in [-0.2, -0.15) is 0 Å². The van der Waals surface area contributed by atoms with Crippen LogP contribution in [0.5, 0.6) is 0 Å². The first-order valence-corrected chi connectivity index (χ1v) is 3.72. The van der Waals surface area contributed by atoms with Crippen molar-refractivity contribution in [1.29, 1.82) is 0 Å². The maximum Gasteiger partial charge on any atom is 0.234 e. The van der Waals surface area contributed by atoms with Crippen LogP contribution in [0.3, 0.4) is 0 Å². The Morgan fingerprint density at radius 1 is 1.53 bits per heavy atom. The van der Waals surface area contributed by atoms with Crippen LogP contribution in [-0.4, -0.2) is 14.9 Å². The van der Waals surface area contributed by atoms with E-state index < -0.39 is 10.5 Å². The first kappa shape index (κ1) is 11.5. The fraction of sp³-hybridized carbons (Fsp3) is 0. The summed E-state index contributed by atoms with van der Waals surface area (Å²) < 4.78 is 0. The molecule has 1 aromatic carbocycles. The van der Waals surface area contributed by atoms with Gasteiger partial charge in [-0.1, -0.05) is 12.1 Å². The average Bonchev–Trinajstić information content (AvgIpc) is 2.18. The second-order valence-electron chi connectivity index (χ2n) is 2.61. The number of non-ortho nitro benzene ring substituents is 1. The van der Waals surface area contributed by atoms with Crippen molar-refractivity contribution in [3.8, 4) is 0 Å². The fourth-order valence-electron chi connectivity index (χ4n) is 1.10. The van der Waals surface area contributed by atoms with E-state index in [2.05, 4.69) is 16.0 Å². The van der Waals surface area contributed by atoms with Gasteiger partial charge in [0.05, 0.1) is 6.33 Å². The Balaban J connectivity index is 0.00000112. The van der Waals surface area contributed by atoms with E-state index >= 15 is 0 Å². The SMILES string of the molecule is O=c1[nH]cnc2c[c-]c([N+](=O)[O-])cc12.[W]. The van der Waals surface area contributed by atoms with Gasteiger partial charge in [0, 0.05) is 26.0 Å². The van der Waals surface area contributed by atoms with Crippen molar-refractivity contribution >= 4 is 16.6 Å². The van der Waals surface area contributed by atoms with Crippen molar-refractivity contribution < 1.29 is 26.0 Å². The van der Waals surface area contributed by atoms with Crippen molar-refractivity contribution in [2.24, 2.45) is 0 Å². The molecule has 2 aromatic rings. The standard InChI is InChI=1S/C8H4N3O3.W/c12-8-6-3-5(11(13)14)1-2-7(6)9-4-10-8;/h2-4H,(H,9,10,12);/q-1;. The monoisotopic (exact) mass is 374 g/mol. The topological polar surface area (TPSA) is 88.9 Å². The van der Waals surface area contributed by atoms with Crippen molar-refractivity contribution in [2.75, 3.05) is 0 Å². The third-order valence-corrected chi connectivity index (χ3v) is 1.75. The minimum atomic E-state index is -0.605. The van der Waals surface area contributed by atoms with E-state index in [-0.39, 0.29) is 32.1 Å². The minimum absolute atomic E-state index is 0. The van der Waals surface area contributed by atoms with E-state index in [1.54, 1.807) is 0 Å². The zero-order valence-corrected chi connectivity index (χ0v) is 10.2. The Labute approximate surface area is 97.8 Å². The number of rotatable bonds is 1. The molecule has 0 atom stereocenters. The maximum absolute atomic E-state index is 11.2. The molecule has 0 saturated heterocycles. The molecule has 1 heterocycles. The normalized spacial score (nSPS) is 9.60. The molecule has 0 aliphatic rings. The van der Waals surface area contributed by atoms with Crippen LogP contribution in [0.1, 0.15) is 0 Å². The van der Waals surface area contributed by atoms with E-state index in [4.69, 9.17) is 0 Å². The van der Waals surface area contributed by atoms with E-state index in [9.17, 15) is 14.9 Å². The van der Waals surface area contributed by atoms with Crippen molar-refractivity contribution in [3.05, 3.63) is 45.0 Å². The van der Waals surface area contributed by atoms with Crippen molar-refractivity contribution in [2.45, 2.75) is 0 Å². The number of hydrogen-bond donors (Lipinski definition) is 1. The maximum atomic E-state index is 11.2. The first-order valence-electron chi connectivity index (χ1n) is 3.72. The van der Waals surface area contributed by atoms with Gasteiger partial charge in [0.25, 0.3) is 0 Å². The molecular weight excluding hydrogens is 370 g/mol. The molecule has 6 nitrogen and oxygen atoms in total. The van der Waals surface area contributed by atoms with Crippen LogP contribution in [0.2, 0.25) is 0 Å². The Morgan fingerprint density at radius 2 is 2.27 bits per heavy atom. The molecule has 0 amide bonds. The van der Waals surface area contributed by atoms with Gasteiger partial charge in [-0.05, 0) is 10.9 Å². The molecule has 1 aromatic heterocycles. The smallest absolute Gasteiger partial charge is 0.234 e. The molecule has 0 saturated carbocycles. The van der Waals surface area contributed by atoms with Crippen molar-refractivity contribution in [1.82, 2.24) is 9.97 Å². The largest absolute Gasteiger partial charge is 0.315 e. The predicted octanol–water partition coefficient (Wildman–Crippen LogP) is 0.629. The summed E-state index contributed by atoms with van der Waals surface area (Å²) in [5, 5.41) is 10.6. The molecule has 1 N–H and O–H groups in total. The number of benzene rings is 1. The summed E-state index contributed by atoms with van der Waals surface area (Å²) in [5.74, 6) is 0. The number of hydrogen-bond acceptors (Lipinski definition) is 4. The molecule has 0 radical (unpaired) electrons. The molecule has 0 fully saturated rings. The number of nitro groups is 1. The summed E-state index contributed by atoms with van der Waals surface area (Å²) in [4.78, 5) is 27.2. The van der Waals surface area contributed by atoms with Crippen LogP contribution < -0.4 is 5.56 Å². The number of fused-ring (bicyclic) bond motifs is 1. The van der Waals surface area contributed by atoms with Crippen LogP contribution in [0.15, 0.2) is 23.3 Å². The molecular formula is C8H4N3O3W-. The number of nitrogens with zero attached hydrogens (tertiary/aromatic N) is 2. The van der Waals surface area contributed by atoms with Crippen molar-refractivity contribution in [3.63, 3.8) is 0 Å². The zero-order chi connectivity index (χ0) is 10.1. The minimum Gasteiger partial charge on any atom is -0.315 e. The molecule has 0 bridgehead atoms. The van der Waals surface area contributed by atoms with Crippen LogP contribution >= 0.6 is 0 Å². The Bertz CT molecular complexity index is 566. The summed E-state index contributed by atoms with van der Waals surface area (Å²) >= 11 is 0. The van der Waals surface area contributed by atoms with Crippen LogP contribution in [0.25, 0.3) is 10.9 Å². The van der Waals surface area contributed by atoms with Gasteiger partial charge < -0.3 is 9.97 Å². The summed E-state index contributed by atoms with van der Waals surface area (Å²) in [6, 6.07) is 4.90. The van der Waals surface area contributed by atoms with Gasteiger partial charge >= 0.3 is 0 Å². The predicted molar refractivity (Wildman–Crippen MR) is 47.9 cm³/mol. The first-order chi connectivity index (χ1) is 6.68. The van der Waals surface area contributed by atoms with E-state index in [1.165, 1.54) is 12.4 Å². The van der Waals surface area contributed by atoms with Gasteiger partial charge in [-0.3, -0.25) is 14.9 Å². The van der Waals surface area contributed by atoms with Gasteiger partial charge in [0.15, 0.2) is 5.69 Å². The van der Waals surface area contributed by atoms with E-state index in [0.717, 1.165) is 6.07 Å². The van der Waals surface area contributed by atoms with E-state index in [0.29, 0.717) is 5.52 Å². The molecule has 0 aliphatic heterocycles. The Hall–Kier alpha value is -1.55. The number of aromatic amines is 1. The quantitative estimate of drug-likeness (QED) is 0.451.